The van der Waals surface area contributed by atoms with E-state index in [0.717, 1.165) is 5.69 Å². The molecule has 142 valence electrons. The summed E-state index contributed by atoms with van der Waals surface area (Å²) >= 11 is 0. The van der Waals surface area contributed by atoms with E-state index in [1.54, 1.807) is 40.2 Å². The van der Waals surface area contributed by atoms with Crippen LogP contribution >= 0.6 is 0 Å². The number of rotatable bonds is 5. The molecule has 1 aromatic carbocycles. The van der Waals surface area contributed by atoms with Crippen molar-refractivity contribution in [2.45, 2.75) is 12.5 Å². The summed E-state index contributed by atoms with van der Waals surface area (Å²) in [5.41, 5.74) is 1.21. The average Bonchev–Trinajstić information content (AvgIpc) is 3.34. The second-order valence-corrected chi connectivity index (χ2v) is 6.76. The van der Waals surface area contributed by atoms with Gasteiger partial charge >= 0.3 is 0 Å². The lowest BCUT2D eigenvalue weighted by Gasteiger charge is -2.27. The van der Waals surface area contributed by atoms with Gasteiger partial charge in [-0.15, -0.1) is 0 Å². The lowest BCUT2D eigenvalue weighted by atomic mass is 10.1. The van der Waals surface area contributed by atoms with E-state index in [-0.39, 0.29) is 17.9 Å². The minimum Gasteiger partial charge on any atom is -0.484 e. The lowest BCUT2D eigenvalue weighted by Crippen LogP contribution is -2.38. The second kappa shape index (κ2) is 7.59. The molecule has 1 unspecified atom stereocenters. The van der Waals surface area contributed by atoms with E-state index in [0.29, 0.717) is 49.9 Å². The predicted molar refractivity (Wildman–Crippen MR) is 97.4 cm³/mol. The number of carbonyl (C=O) groups is 1. The molecule has 0 spiro atoms. The van der Waals surface area contributed by atoms with Gasteiger partial charge in [-0.05, 0) is 18.6 Å². The fraction of sp³-hybridized carbons (Fsp3) is 0.368. The molecule has 0 radical (unpaired) electrons. The molecule has 1 amide bonds. The van der Waals surface area contributed by atoms with Gasteiger partial charge in [0, 0.05) is 19.2 Å². The van der Waals surface area contributed by atoms with E-state index in [2.05, 4.69) is 22.6 Å². The maximum Gasteiger partial charge on any atom is 0.230 e. The number of benzene rings is 1. The van der Waals surface area contributed by atoms with Gasteiger partial charge in [0.15, 0.2) is 12.0 Å². The predicted octanol–water partition coefficient (Wildman–Crippen LogP) is 1.26. The molecule has 0 aliphatic carbocycles. The number of nitriles is 2. The highest BCUT2D eigenvalue weighted by Crippen LogP contribution is 2.25. The number of hydrogen-bond donors (Lipinski definition) is 1. The first-order valence-corrected chi connectivity index (χ1v) is 8.94. The van der Waals surface area contributed by atoms with Crippen molar-refractivity contribution in [1.29, 1.82) is 10.5 Å². The molecular weight excluding hydrogens is 360 g/mol. The van der Waals surface area contributed by atoms with E-state index in [1.807, 2.05) is 0 Å². The molecule has 1 N–H and O–H groups in total. The molecule has 28 heavy (non-hydrogen) atoms. The van der Waals surface area contributed by atoms with Crippen LogP contribution in [0.15, 0.2) is 30.7 Å². The number of aromatic nitrogens is 2. The van der Waals surface area contributed by atoms with Gasteiger partial charge in [-0.25, -0.2) is 4.98 Å². The third-order valence-electron chi connectivity index (χ3n) is 4.82. The molecule has 9 nitrogen and oxygen atoms in total. The van der Waals surface area contributed by atoms with Crippen molar-refractivity contribution in [1.82, 2.24) is 14.5 Å². The highest BCUT2D eigenvalue weighted by atomic mass is 16.6. The van der Waals surface area contributed by atoms with Crippen LogP contribution in [-0.2, 0) is 9.53 Å². The second-order valence-electron chi connectivity index (χ2n) is 6.76. The highest BCUT2D eigenvalue weighted by molar-refractivity contribution is 5.92. The summed E-state index contributed by atoms with van der Waals surface area (Å²) in [5.74, 6) is 0.566. The lowest BCUT2D eigenvalue weighted by molar-refractivity contribution is -0.119. The zero-order valence-corrected chi connectivity index (χ0v) is 15.0. The van der Waals surface area contributed by atoms with Crippen molar-refractivity contribution >= 4 is 11.7 Å². The quantitative estimate of drug-likeness (QED) is 0.779. The van der Waals surface area contributed by atoms with Gasteiger partial charge in [0.1, 0.15) is 24.3 Å². The Balaban J connectivity index is 1.46. The van der Waals surface area contributed by atoms with Crippen molar-refractivity contribution in [3.8, 4) is 23.7 Å². The topological polar surface area (TPSA) is 116 Å². The summed E-state index contributed by atoms with van der Waals surface area (Å²) in [4.78, 5) is 18.2. The van der Waals surface area contributed by atoms with Gasteiger partial charge in [0.2, 0.25) is 5.91 Å². The number of anilines is 1. The first-order chi connectivity index (χ1) is 13.7. The zero-order valence-electron chi connectivity index (χ0n) is 15.0. The Bertz CT molecular complexity index is 969. The smallest absolute Gasteiger partial charge is 0.230 e. The van der Waals surface area contributed by atoms with Crippen LogP contribution in [0.2, 0.25) is 0 Å². The third-order valence-corrected chi connectivity index (χ3v) is 4.82. The Morgan fingerprint density at radius 1 is 1.36 bits per heavy atom. The summed E-state index contributed by atoms with van der Waals surface area (Å²) in [5, 5.41) is 21.0. The number of hydrogen-bond acceptors (Lipinski definition) is 7. The van der Waals surface area contributed by atoms with E-state index in [4.69, 9.17) is 14.7 Å². The molecule has 0 saturated carbocycles. The van der Waals surface area contributed by atoms with E-state index in [9.17, 15) is 10.1 Å². The Hall–Kier alpha value is -3.56. The Kier molecular flexibility index (Phi) is 4.83. The van der Waals surface area contributed by atoms with Crippen molar-refractivity contribution in [2.24, 2.45) is 5.92 Å². The Morgan fingerprint density at radius 3 is 2.89 bits per heavy atom. The van der Waals surface area contributed by atoms with Crippen LogP contribution in [0.25, 0.3) is 5.69 Å². The largest absolute Gasteiger partial charge is 0.484 e. The van der Waals surface area contributed by atoms with Crippen LogP contribution in [-0.4, -0.2) is 52.8 Å². The molecule has 3 heterocycles. The SMILES string of the molecule is N#Cc1ccc(-n2cnc(NC(=O)C3CCN(C#N)C3)c2)cc1OC1COC1. The summed E-state index contributed by atoms with van der Waals surface area (Å²) in [6.07, 6.45) is 5.97. The Morgan fingerprint density at radius 2 is 2.21 bits per heavy atom. The molecule has 2 saturated heterocycles. The zero-order chi connectivity index (χ0) is 19.5. The van der Waals surface area contributed by atoms with Crippen LogP contribution in [0.3, 0.4) is 0 Å². The third kappa shape index (κ3) is 3.61. The van der Waals surface area contributed by atoms with Crippen LogP contribution in [0.4, 0.5) is 5.82 Å². The molecule has 1 atom stereocenters. The maximum atomic E-state index is 12.4. The van der Waals surface area contributed by atoms with Gasteiger partial charge in [0.25, 0.3) is 0 Å². The summed E-state index contributed by atoms with van der Waals surface area (Å²) < 4.78 is 12.7. The van der Waals surface area contributed by atoms with Crippen LogP contribution in [0.5, 0.6) is 5.75 Å². The normalized spacial score (nSPS) is 18.8. The Labute approximate surface area is 161 Å². The molecule has 2 aliphatic rings. The average molecular weight is 378 g/mol. The molecule has 1 aromatic heterocycles. The van der Waals surface area contributed by atoms with Crippen molar-refractivity contribution in [2.75, 3.05) is 31.6 Å². The van der Waals surface area contributed by atoms with E-state index >= 15 is 0 Å². The fourth-order valence-corrected chi connectivity index (χ4v) is 3.15. The van der Waals surface area contributed by atoms with E-state index in [1.165, 1.54) is 0 Å². The molecule has 2 aromatic rings. The number of likely N-dealkylation sites (tertiary alicyclic amines) is 1. The summed E-state index contributed by atoms with van der Waals surface area (Å²) in [6.45, 7) is 2.06. The molecule has 2 fully saturated rings. The van der Waals surface area contributed by atoms with Crippen LogP contribution in [0, 0.1) is 28.7 Å². The number of carbonyl (C=O) groups excluding carboxylic acids is 1. The number of imidazole rings is 1. The molecule has 2 aliphatic heterocycles. The van der Waals surface area contributed by atoms with Gasteiger partial charge in [-0.3, -0.25) is 4.79 Å². The van der Waals surface area contributed by atoms with Gasteiger partial charge in [0.05, 0.1) is 36.6 Å². The number of ether oxygens (including phenoxy) is 2. The van der Waals surface area contributed by atoms with Gasteiger partial charge in [-0.2, -0.15) is 10.5 Å². The van der Waals surface area contributed by atoms with Crippen LogP contribution in [0.1, 0.15) is 12.0 Å². The molecule has 0 bridgehead atoms. The molecular formula is C19H18N6O3. The van der Waals surface area contributed by atoms with E-state index < -0.39 is 0 Å². The summed E-state index contributed by atoms with van der Waals surface area (Å²) in [6, 6.07) is 7.38. The first kappa shape index (κ1) is 17.8. The number of nitrogens with zero attached hydrogens (tertiary/aromatic N) is 5. The van der Waals surface area contributed by atoms with Crippen molar-refractivity contribution < 1.29 is 14.3 Å². The fourth-order valence-electron chi connectivity index (χ4n) is 3.15. The monoisotopic (exact) mass is 378 g/mol. The van der Waals surface area contributed by atoms with Gasteiger partial charge < -0.3 is 24.3 Å². The van der Waals surface area contributed by atoms with Gasteiger partial charge in [-0.1, -0.05) is 0 Å². The van der Waals surface area contributed by atoms with Crippen molar-refractivity contribution in [3.63, 3.8) is 0 Å². The maximum absolute atomic E-state index is 12.4. The standard InChI is InChI=1S/C19H18N6O3/c20-6-13-1-2-15(5-17(13)28-16-9-27-10-16)25-8-18(22-12-25)23-19(26)14-3-4-24(7-14)11-21/h1-2,5,8,12,14,16H,3-4,7,9-10H2,(H,23,26). The molecule has 9 heteroatoms. The minimum absolute atomic E-state index is 0.0422. The highest BCUT2D eigenvalue weighted by Gasteiger charge is 2.28. The summed E-state index contributed by atoms with van der Waals surface area (Å²) in [7, 11) is 0. The number of nitrogens with one attached hydrogen (secondary N) is 1. The number of amides is 1. The minimum atomic E-state index is -0.218. The van der Waals surface area contributed by atoms with Crippen LogP contribution < -0.4 is 10.1 Å². The first-order valence-electron chi connectivity index (χ1n) is 8.94. The molecule has 4 rings (SSSR count). The van der Waals surface area contributed by atoms with Crippen molar-refractivity contribution in [3.05, 3.63) is 36.3 Å².